The quantitative estimate of drug-likeness (QED) is 0.313. The molecule has 0 aliphatic heterocycles. The van der Waals surface area contributed by atoms with Crippen LogP contribution >= 0.6 is 7.82 Å². The number of nitrogens with zero attached hydrogens (tertiary/aromatic N) is 1. The minimum atomic E-state index is -4.82. The number of carbonyl (C=O) groups is 1. The molecule has 10 heteroatoms. The summed E-state index contributed by atoms with van der Waals surface area (Å²) in [6.45, 7) is 1.03. The first-order valence-corrected chi connectivity index (χ1v) is 6.46. The molecule has 0 unspecified atom stereocenters. The van der Waals surface area contributed by atoms with Crippen LogP contribution in [0.25, 0.3) is 0 Å². The summed E-state index contributed by atoms with van der Waals surface area (Å²) in [5.74, 6) is -1.88. The molecular weight excluding hydrogens is 279 g/mol. The van der Waals surface area contributed by atoms with Crippen LogP contribution in [0, 0.1) is 6.92 Å². The van der Waals surface area contributed by atoms with E-state index in [-0.39, 0.29) is 22.8 Å². The number of pyridine rings is 1. The Labute approximate surface area is 107 Å². The number of hydrogen-bond donors (Lipinski definition) is 5. The highest BCUT2D eigenvalue weighted by Gasteiger charge is 2.22. The van der Waals surface area contributed by atoms with Crippen molar-refractivity contribution in [3.8, 4) is 11.5 Å². The molecular formula is C9H12N2O7P+. The van der Waals surface area contributed by atoms with Gasteiger partial charge in [0.05, 0.1) is 11.9 Å². The molecule has 1 aromatic heterocycles. The highest BCUT2D eigenvalue weighted by molar-refractivity contribution is 7.46. The van der Waals surface area contributed by atoms with Gasteiger partial charge in [0.1, 0.15) is 5.56 Å². The van der Waals surface area contributed by atoms with Crippen LogP contribution in [-0.4, -0.2) is 43.7 Å². The van der Waals surface area contributed by atoms with Gasteiger partial charge < -0.3 is 14.7 Å². The van der Waals surface area contributed by atoms with Crippen LogP contribution in [0.1, 0.15) is 11.3 Å². The van der Waals surface area contributed by atoms with Crippen molar-refractivity contribution >= 4 is 20.0 Å². The molecule has 1 rings (SSSR count). The average Bonchev–Trinajstić information content (AvgIpc) is 2.25. The largest absolute Gasteiger partial charge is 0.524 e. The fourth-order valence-electron chi connectivity index (χ4n) is 1.18. The van der Waals surface area contributed by atoms with E-state index >= 15 is 0 Å². The van der Waals surface area contributed by atoms with Crippen molar-refractivity contribution in [3.05, 3.63) is 17.5 Å². The lowest BCUT2D eigenvalue weighted by atomic mass is 10.2. The van der Waals surface area contributed by atoms with Gasteiger partial charge in [0, 0.05) is 0 Å². The van der Waals surface area contributed by atoms with Gasteiger partial charge >= 0.3 is 13.8 Å². The molecule has 0 saturated heterocycles. The Hall–Kier alpha value is -1.96. The van der Waals surface area contributed by atoms with Crippen LogP contribution in [0.15, 0.2) is 6.20 Å². The minimum Gasteiger partial charge on any atom is -0.505 e. The molecule has 104 valence electrons. The summed E-state index contributed by atoms with van der Waals surface area (Å²) in [6.07, 6.45) is 2.09. The number of hydrogen-bond acceptors (Lipinski definition) is 5. The van der Waals surface area contributed by atoms with Gasteiger partial charge in [-0.15, -0.1) is 0 Å². The molecule has 1 heterocycles. The maximum absolute atomic E-state index is 10.8. The lowest BCUT2D eigenvalue weighted by Gasteiger charge is -2.10. The zero-order chi connectivity index (χ0) is 14.6. The van der Waals surface area contributed by atoms with Gasteiger partial charge in [-0.3, -0.25) is 14.8 Å². The molecule has 0 aromatic carbocycles. The van der Waals surface area contributed by atoms with Crippen molar-refractivity contribution in [2.45, 2.75) is 6.92 Å². The first-order chi connectivity index (χ1) is 8.70. The van der Waals surface area contributed by atoms with Crippen molar-refractivity contribution in [2.24, 2.45) is 0 Å². The fraction of sp³-hybridized carbons (Fsp3) is 0.222. The van der Waals surface area contributed by atoms with Crippen molar-refractivity contribution < 1.29 is 38.9 Å². The zero-order valence-corrected chi connectivity index (χ0v) is 10.7. The number of rotatable bonds is 5. The Bertz CT molecular complexity index is 566. The Morgan fingerprint density at radius 2 is 2.21 bits per heavy atom. The number of aliphatic carboxylic acids is 1. The molecule has 0 fully saturated rings. The van der Waals surface area contributed by atoms with Gasteiger partial charge in [0.15, 0.2) is 17.7 Å². The van der Waals surface area contributed by atoms with Gasteiger partial charge in [-0.05, 0) is 6.92 Å². The van der Waals surface area contributed by atoms with E-state index in [1.807, 2.05) is 0 Å². The first-order valence-electron chi connectivity index (χ1n) is 4.93. The van der Waals surface area contributed by atoms with E-state index in [1.54, 1.807) is 0 Å². The number of carboxylic acids is 1. The molecule has 1 aromatic rings. The maximum Gasteiger partial charge on any atom is 0.524 e. The fourth-order valence-corrected chi connectivity index (χ4v) is 1.58. The number of carboxylic acid groups (broad SMARTS) is 1. The van der Waals surface area contributed by atoms with E-state index in [4.69, 9.17) is 14.9 Å². The third-order valence-corrected chi connectivity index (χ3v) is 2.39. The molecule has 0 radical (unpaired) electrons. The van der Waals surface area contributed by atoms with E-state index in [0.717, 1.165) is 12.4 Å². The van der Waals surface area contributed by atoms with Crippen LogP contribution in [0.5, 0.6) is 11.5 Å². The van der Waals surface area contributed by atoms with Gasteiger partial charge in [0.2, 0.25) is 6.54 Å². The Kier molecular flexibility index (Phi) is 4.60. The highest BCUT2D eigenvalue weighted by atomic mass is 31.2. The summed E-state index contributed by atoms with van der Waals surface area (Å²) >= 11 is 0. The van der Waals surface area contributed by atoms with Crippen LogP contribution in [0.4, 0.5) is 0 Å². The summed E-state index contributed by atoms with van der Waals surface area (Å²) in [6, 6.07) is 0. The number of nitrogens with one attached hydrogen (secondary N) is 1. The SMILES string of the molecule is Cc1ncc(OP(=O)(O)O)c(C=[NH+]CC(=O)O)c1O. The summed E-state index contributed by atoms with van der Waals surface area (Å²) < 4.78 is 15.1. The van der Waals surface area contributed by atoms with Crippen LogP contribution in [0.2, 0.25) is 0 Å². The third-order valence-electron chi connectivity index (χ3n) is 1.96. The first kappa shape index (κ1) is 15.1. The number of aromatic hydroxyl groups is 1. The van der Waals surface area contributed by atoms with Crippen molar-refractivity contribution in [1.82, 2.24) is 4.98 Å². The normalized spacial score (nSPS) is 11.7. The van der Waals surface area contributed by atoms with Gasteiger partial charge in [-0.25, -0.2) is 14.4 Å². The topological polar surface area (TPSA) is 151 Å². The highest BCUT2D eigenvalue weighted by Crippen LogP contribution is 2.40. The van der Waals surface area contributed by atoms with E-state index in [1.165, 1.54) is 6.92 Å². The van der Waals surface area contributed by atoms with Gasteiger partial charge in [-0.2, -0.15) is 0 Å². The van der Waals surface area contributed by atoms with E-state index in [2.05, 4.69) is 14.5 Å². The van der Waals surface area contributed by atoms with Crippen molar-refractivity contribution in [2.75, 3.05) is 6.54 Å². The zero-order valence-electron chi connectivity index (χ0n) is 9.77. The second-order valence-electron chi connectivity index (χ2n) is 3.47. The number of phosphoric ester groups is 1. The predicted octanol–water partition coefficient (Wildman–Crippen LogP) is -1.85. The van der Waals surface area contributed by atoms with E-state index in [0.29, 0.717) is 0 Å². The summed E-state index contributed by atoms with van der Waals surface area (Å²) in [5.41, 5.74) is 0.0958. The summed E-state index contributed by atoms with van der Waals surface area (Å²) in [7, 11) is -4.82. The number of aryl methyl sites for hydroxylation is 1. The number of phosphoric acid groups is 1. The Morgan fingerprint density at radius 1 is 1.58 bits per heavy atom. The minimum absolute atomic E-state index is 0.0999. The molecule has 0 amide bonds. The average molecular weight is 291 g/mol. The molecule has 19 heavy (non-hydrogen) atoms. The second-order valence-corrected chi connectivity index (χ2v) is 4.63. The summed E-state index contributed by atoms with van der Waals surface area (Å²) in [4.78, 5) is 33.8. The Morgan fingerprint density at radius 3 is 2.74 bits per heavy atom. The number of aromatic nitrogens is 1. The van der Waals surface area contributed by atoms with Crippen LogP contribution in [-0.2, 0) is 9.36 Å². The van der Waals surface area contributed by atoms with Crippen molar-refractivity contribution in [3.63, 3.8) is 0 Å². The molecule has 0 saturated carbocycles. The smallest absolute Gasteiger partial charge is 0.505 e. The molecule has 5 N–H and O–H groups in total. The van der Waals surface area contributed by atoms with Gasteiger partial charge in [-0.1, -0.05) is 0 Å². The lowest BCUT2D eigenvalue weighted by Crippen LogP contribution is -2.71. The molecule has 0 aliphatic rings. The lowest BCUT2D eigenvalue weighted by molar-refractivity contribution is -0.440. The van der Waals surface area contributed by atoms with E-state index < -0.39 is 20.3 Å². The Balaban J connectivity index is 3.17. The van der Waals surface area contributed by atoms with Crippen LogP contribution < -0.4 is 9.52 Å². The molecule has 9 nitrogen and oxygen atoms in total. The van der Waals surface area contributed by atoms with E-state index in [9.17, 15) is 14.5 Å². The summed E-state index contributed by atoms with van der Waals surface area (Å²) in [5, 5.41) is 18.2. The second kappa shape index (κ2) is 5.79. The predicted molar refractivity (Wildman–Crippen MR) is 61.9 cm³/mol. The van der Waals surface area contributed by atoms with Crippen molar-refractivity contribution in [1.29, 1.82) is 0 Å². The maximum atomic E-state index is 10.8. The molecule has 0 aliphatic carbocycles. The van der Waals surface area contributed by atoms with Gasteiger partial charge in [0.25, 0.3) is 0 Å². The van der Waals surface area contributed by atoms with Crippen LogP contribution in [0.3, 0.4) is 0 Å². The molecule has 0 spiro atoms. The monoisotopic (exact) mass is 291 g/mol. The molecule has 0 atom stereocenters. The standard InChI is InChI=1S/C9H11N2O7P/c1-5-9(14)6(2-10-4-8(12)13)7(3-11-5)18-19(15,16)17/h2-3,14H,4H2,1H3,(H,12,13)(H2,15,16,17)/p+1. The molecule has 0 bridgehead atoms. The third kappa shape index (κ3) is 4.66.